The molecule has 0 saturated carbocycles. The van der Waals surface area contributed by atoms with E-state index >= 15 is 0 Å². The summed E-state index contributed by atoms with van der Waals surface area (Å²) >= 11 is 0. The van der Waals surface area contributed by atoms with E-state index in [2.05, 4.69) is 44.6 Å². The van der Waals surface area contributed by atoms with Gasteiger partial charge in [-0.05, 0) is 60.9 Å². The van der Waals surface area contributed by atoms with Crippen molar-refractivity contribution in [3.05, 3.63) is 78.2 Å². The van der Waals surface area contributed by atoms with Crippen LogP contribution in [0.1, 0.15) is 30.5 Å². The van der Waals surface area contributed by atoms with E-state index < -0.39 is 0 Å². The maximum Gasteiger partial charge on any atom is 0.227 e. The van der Waals surface area contributed by atoms with E-state index in [9.17, 15) is 4.79 Å². The summed E-state index contributed by atoms with van der Waals surface area (Å²) in [5, 5.41) is 7.19. The number of hydrogen-bond donors (Lipinski definition) is 2. The smallest absolute Gasteiger partial charge is 0.227 e. The van der Waals surface area contributed by atoms with Crippen molar-refractivity contribution in [1.82, 2.24) is 20.3 Å². The van der Waals surface area contributed by atoms with E-state index in [1.165, 1.54) is 5.56 Å². The lowest BCUT2D eigenvalue weighted by Gasteiger charge is -2.15. The van der Waals surface area contributed by atoms with Crippen LogP contribution in [-0.4, -0.2) is 34.6 Å². The molecule has 7 heteroatoms. The lowest BCUT2D eigenvalue weighted by Crippen LogP contribution is -2.27. The number of fused-ring (bicyclic) bond motifs is 1. The zero-order valence-electron chi connectivity index (χ0n) is 19.0. The SMILES string of the molecule is COCCC(=O)NC(C)c1ccc(Nc2ncc3cc(-c4cnccc4C)ccc3n2)cc1. The van der Waals surface area contributed by atoms with Gasteiger partial charge in [0, 0.05) is 48.8 Å². The summed E-state index contributed by atoms with van der Waals surface area (Å²) in [5.41, 5.74) is 6.13. The topological polar surface area (TPSA) is 89.0 Å². The second kappa shape index (κ2) is 10.2. The van der Waals surface area contributed by atoms with E-state index in [0.717, 1.165) is 33.3 Å². The minimum atomic E-state index is -0.0852. The van der Waals surface area contributed by atoms with Gasteiger partial charge in [0.05, 0.1) is 18.2 Å². The largest absolute Gasteiger partial charge is 0.384 e. The molecule has 2 heterocycles. The molecule has 2 N–H and O–H groups in total. The number of nitrogens with zero attached hydrogens (tertiary/aromatic N) is 3. The predicted octanol–water partition coefficient (Wildman–Crippen LogP) is 4.96. The number of rotatable bonds is 8. The number of ether oxygens (including phenoxy) is 1. The zero-order chi connectivity index (χ0) is 23.2. The summed E-state index contributed by atoms with van der Waals surface area (Å²) in [6.45, 7) is 4.45. The van der Waals surface area contributed by atoms with E-state index in [1.54, 1.807) is 13.3 Å². The van der Waals surface area contributed by atoms with Crippen LogP contribution in [0.25, 0.3) is 22.0 Å². The van der Waals surface area contributed by atoms with Crippen LogP contribution in [0.2, 0.25) is 0 Å². The van der Waals surface area contributed by atoms with Gasteiger partial charge < -0.3 is 15.4 Å². The first kappa shape index (κ1) is 22.4. The standard InChI is InChI=1S/C26H27N5O2/c1-17-10-12-27-16-23(17)20-6-9-24-21(14-20)15-28-26(31-24)30-22-7-4-19(5-8-22)18(2)29-25(32)11-13-33-3/h4-10,12,14-16,18H,11,13H2,1-3H3,(H,29,32)(H,28,30,31). The summed E-state index contributed by atoms with van der Waals surface area (Å²) in [6, 6.07) is 15.9. The lowest BCUT2D eigenvalue weighted by atomic mass is 10.0. The van der Waals surface area contributed by atoms with Crippen molar-refractivity contribution >= 4 is 28.4 Å². The highest BCUT2D eigenvalue weighted by Gasteiger charge is 2.10. The first-order valence-corrected chi connectivity index (χ1v) is 10.9. The fourth-order valence-corrected chi connectivity index (χ4v) is 3.60. The molecule has 1 amide bonds. The predicted molar refractivity (Wildman–Crippen MR) is 130 cm³/mol. The minimum absolute atomic E-state index is 0.0297. The van der Waals surface area contributed by atoms with Crippen LogP contribution >= 0.6 is 0 Å². The van der Waals surface area contributed by atoms with Crippen LogP contribution in [0.4, 0.5) is 11.6 Å². The molecule has 2 aromatic heterocycles. The average Bonchev–Trinajstić information content (AvgIpc) is 2.83. The van der Waals surface area contributed by atoms with Crippen LogP contribution in [0.5, 0.6) is 0 Å². The van der Waals surface area contributed by atoms with Gasteiger partial charge in [-0.25, -0.2) is 9.97 Å². The number of aromatic nitrogens is 3. The minimum Gasteiger partial charge on any atom is -0.384 e. The Bertz CT molecular complexity index is 1260. The molecule has 0 spiro atoms. The van der Waals surface area contributed by atoms with E-state index in [-0.39, 0.29) is 11.9 Å². The van der Waals surface area contributed by atoms with Crippen LogP contribution in [-0.2, 0) is 9.53 Å². The van der Waals surface area contributed by atoms with Gasteiger partial charge in [0.15, 0.2) is 0 Å². The van der Waals surface area contributed by atoms with E-state index in [4.69, 9.17) is 4.74 Å². The van der Waals surface area contributed by atoms with E-state index in [1.807, 2.05) is 55.7 Å². The normalized spacial score (nSPS) is 11.8. The zero-order valence-corrected chi connectivity index (χ0v) is 19.0. The number of benzene rings is 2. The molecule has 168 valence electrons. The van der Waals surface area contributed by atoms with Gasteiger partial charge in [-0.1, -0.05) is 18.2 Å². The molecule has 0 aliphatic rings. The number of amides is 1. The Morgan fingerprint density at radius 3 is 2.67 bits per heavy atom. The first-order chi connectivity index (χ1) is 16.0. The molecule has 7 nitrogen and oxygen atoms in total. The number of hydrogen-bond acceptors (Lipinski definition) is 6. The molecule has 0 saturated heterocycles. The number of methoxy groups -OCH3 is 1. The van der Waals surface area contributed by atoms with Gasteiger partial charge in [0.25, 0.3) is 0 Å². The van der Waals surface area contributed by atoms with Crippen molar-refractivity contribution in [2.75, 3.05) is 19.0 Å². The fraction of sp³-hybridized carbons (Fsp3) is 0.231. The van der Waals surface area contributed by atoms with Gasteiger partial charge in [-0.2, -0.15) is 0 Å². The van der Waals surface area contributed by atoms with Crippen molar-refractivity contribution in [1.29, 1.82) is 0 Å². The number of nitrogens with one attached hydrogen (secondary N) is 2. The molecule has 4 aromatic rings. The average molecular weight is 442 g/mol. The summed E-state index contributed by atoms with van der Waals surface area (Å²) < 4.78 is 4.95. The van der Waals surface area contributed by atoms with Gasteiger partial charge in [-0.15, -0.1) is 0 Å². The van der Waals surface area contributed by atoms with Crippen LogP contribution in [0.3, 0.4) is 0 Å². The number of pyridine rings is 1. The Morgan fingerprint density at radius 1 is 1.09 bits per heavy atom. The van der Waals surface area contributed by atoms with Gasteiger partial charge >= 0.3 is 0 Å². The molecule has 0 fully saturated rings. The Hall–Kier alpha value is -3.84. The maximum absolute atomic E-state index is 11.9. The summed E-state index contributed by atoms with van der Waals surface area (Å²) in [4.78, 5) is 25.3. The van der Waals surface area contributed by atoms with Crippen LogP contribution < -0.4 is 10.6 Å². The molecule has 0 bridgehead atoms. The molecule has 1 unspecified atom stereocenters. The molecule has 2 aromatic carbocycles. The summed E-state index contributed by atoms with van der Waals surface area (Å²) in [5.74, 6) is 0.499. The molecule has 4 rings (SSSR count). The molecule has 0 radical (unpaired) electrons. The molecule has 0 aliphatic carbocycles. The van der Waals surface area contributed by atoms with Crippen LogP contribution in [0, 0.1) is 6.92 Å². The lowest BCUT2D eigenvalue weighted by molar-refractivity contribution is -0.122. The Kier molecular flexibility index (Phi) is 6.90. The van der Waals surface area contributed by atoms with E-state index in [0.29, 0.717) is 19.0 Å². The van der Waals surface area contributed by atoms with Crippen molar-refractivity contribution in [2.24, 2.45) is 0 Å². The van der Waals surface area contributed by atoms with Gasteiger partial charge in [0.1, 0.15) is 0 Å². The Balaban J connectivity index is 1.45. The number of carbonyl (C=O) groups is 1. The Morgan fingerprint density at radius 2 is 1.91 bits per heavy atom. The highest BCUT2D eigenvalue weighted by atomic mass is 16.5. The van der Waals surface area contributed by atoms with Crippen molar-refractivity contribution in [2.45, 2.75) is 26.3 Å². The summed E-state index contributed by atoms with van der Waals surface area (Å²) in [6.07, 6.45) is 5.85. The third kappa shape index (κ3) is 5.51. The number of carbonyl (C=O) groups excluding carboxylic acids is 1. The molecule has 1 atom stereocenters. The van der Waals surface area contributed by atoms with Crippen LogP contribution in [0.15, 0.2) is 67.1 Å². The van der Waals surface area contributed by atoms with Gasteiger partial charge in [-0.3, -0.25) is 9.78 Å². The molecule has 0 aliphatic heterocycles. The highest BCUT2D eigenvalue weighted by molar-refractivity contribution is 5.85. The molecular formula is C26H27N5O2. The second-order valence-electron chi connectivity index (χ2n) is 7.94. The molecular weight excluding hydrogens is 414 g/mol. The highest BCUT2D eigenvalue weighted by Crippen LogP contribution is 2.26. The number of anilines is 2. The first-order valence-electron chi connectivity index (χ1n) is 10.9. The monoisotopic (exact) mass is 441 g/mol. The fourth-order valence-electron chi connectivity index (χ4n) is 3.60. The quantitative estimate of drug-likeness (QED) is 0.402. The molecule has 33 heavy (non-hydrogen) atoms. The Labute approximate surface area is 193 Å². The van der Waals surface area contributed by atoms with Crippen molar-refractivity contribution in [3.63, 3.8) is 0 Å². The van der Waals surface area contributed by atoms with Crippen molar-refractivity contribution < 1.29 is 9.53 Å². The number of aryl methyl sites for hydroxylation is 1. The third-order valence-corrected chi connectivity index (χ3v) is 5.51. The van der Waals surface area contributed by atoms with Gasteiger partial charge in [0.2, 0.25) is 11.9 Å². The third-order valence-electron chi connectivity index (χ3n) is 5.51. The maximum atomic E-state index is 11.9. The summed E-state index contributed by atoms with van der Waals surface area (Å²) in [7, 11) is 1.59. The van der Waals surface area contributed by atoms with Crippen molar-refractivity contribution in [3.8, 4) is 11.1 Å². The second-order valence-corrected chi connectivity index (χ2v) is 7.94.